The van der Waals surface area contributed by atoms with Gasteiger partial charge in [-0.2, -0.15) is 15.4 Å². The van der Waals surface area contributed by atoms with Crippen molar-refractivity contribution in [3.05, 3.63) is 27.9 Å². The summed E-state index contributed by atoms with van der Waals surface area (Å²) in [7, 11) is 0. The summed E-state index contributed by atoms with van der Waals surface area (Å²) in [6.45, 7) is 0.567. The molecule has 2 aromatic heterocycles. The summed E-state index contributed by atoms with van der Waals surface area (Å²) in [5.74, 6) is 0.591. The van der Waals surface area contributed by atoms with E-state index in [9.17, 15) is 0 Å². The minimum absolute atomic E-state index is 0.567. The van der Waals surface area contributed by atoms with Gasteiger partial charge in [0, 0.05) is 16.0 Å². The first kappa shape index (κ1) is 9.31. The SMILES string of the molecule is Ic1cnc(NCc2cn[nH]n2)nc1. The molecule has 7 heteroatoms. The first-order chi connectivity index (χ1) is 6.84. The van der Waals surface area contributed by atoms with Gasteiger partial charge in [0.1, 0.15) is 5.69 Å². The molecule has 0 aliphatic rings. The second-order valence-corrected chi connectivity index (χ2v) is 3.79. The van der Waals surface area contributed by atoms with Crippen LogP contribution in [0.4, 0.5) is 5.95 Å². The molecule has 0 amide bonds. The van der Waals surface area contributed by atoms with Gasteiger partial charge in [-0.05, 0) is 22.6 Å². The molecule has 6 nitrogen and oxygen atoms in total. The van der Waals surface area contributed by atoms with Crippen molar-refractivity contribution in [2.45, 2.75) is 6.54 Å². The van der Waals surface area contributed by atoms with Crippen LogP contribution >= 0.6 is 22.6 Å². The smallest absolute Gasteiger partial charge is 0.222 e. The average Bonchev–Trinajstić information content (AvgIpc) is 2.70. The zero-order chi connectivity index (χ0) is 9.80. The second-order valence-electron chi connectivity index (χ2n) is 2.54. The number of aromatic amines is 1. The number of anilines is 1. The molecule has 0 bridgehead atoms. The maximum absolute atomic E-state index is 4.09. The molecule has 2 N–H and O–H groups in total. The quantitative estimate of drug-likeness (QED) is 0.820. The minimum Gasteiger partial charge on any atom is -0.348 e. The molecule has 0 saturated carbocycles. The van der Waals surface area contributed by atoms with E-state index in [1.165, 1.54) is 0 Å². The monoisotopic (exact) mass is 302 g/mol. The standard InChI is InChI=1S/C7H7IN6/c8-5-1-9-7(10-2-5)11-3-6-4-12-14-13-6/h1-2,4H,3H2,(H,9,10,11)(H,12,13,14). The van der Waals surface area contributed by atoms with Crippen LogP contribution in [0.2, 0.25) is 0 Å². The van der Waals surface area contributed by atoms with Crippen LogP contribution in [0.15, 0.2) is 18.6 Å². The molecular weight excluding hydrogens is 295 g/mol. The summed E-state index contributed by atoms with van der Waals surface area (Å²) in [4.78, 5) is 8.18. The van der Waals surface area contributed by atoms with E-state index >= 15 is 0 Å². The lowest BCUT2D eigenvalue weighted by Crippen LogP contribution is -2.03. The van der Waals surface area contributed by atoms with E-state index in [4.69, 9.17) is 0 Å². The van der Waals surface area contributed by atoms with Crippen LogP contribution in [0.1, 0.15) is 5.69 Å². The second kappa shape index (κ2) is 4.31. The van der Waals surface area contributed by atoms with E-state index < -0.39 is 0 Å². The molecule has 2 rings (SSSR count). The molecule has 0 aromatic carbocycles. The molecule has 0 unspecified atom stereocenters. The van der Waals surface area contributed by atoms with E-state index in [0.717, 1.165) is 9.26 Å². The molecule has 2 heterocycles. The van der Waals surface area contributed by atoms with Crippen LogP contribution in [-0.2, 0) is 6.54 Å². The highest BCUT2D eigenvalue weighted by Gasteiger charge is 1.97. The van der Waals surface area contributed by atoms with Gasteiger partial charge in [0.15, 0.2) is 0 Å². The average molecular weight is 302 g/mol. The molecule has 0 atom stereocenters. The number of H-pyrrole nitrogens is 1. The van der Waals surface area contributed by atoms with E-state index in [1.807, 2.05) is 0 Å². The van der Waals surface area contributed by atoms with Gasteiger partial charge in [-0.1, -0.05) is 0 Å². The van der Waals surface area contributed by atoms with Crippen molar-refractivity contribution in [2.75, 3.05) is 5.32 Å². The Morgan fingerprint density at radius 2 is 2.07 bits per heavy atom. The number of hydrogen-bond acceptors (Lipinski definition) is 5. The maximum atomic E-state index is 4.09. The highest BCUT2D eigenvalue weighted by atomic mass is 127. The molecule has 2 aromatic rings. The summed E-state index contributed by atoms with van der Waals surface area (Å²) in [5.41, 5.74) is 0.826. The van der Waals surface area contributed by atoms with Crippen LogP contribution in [0, 0.1) is 3.57 Å². The fraction of sp³-hybridized carbons (Fsp3) is 0.143. The number of rotatable bonds is 3. The van der Waals surface area contributed by atoms with Gasteiger partial charge in [-0.15, -0.1) is 0 Å². The molecular formula is C7H7IN6. The fourth-order valence-corrected chi connectivity index (χ4v) is 1.16. The van der Waals surface area contributed by atoms with Crippen LogP contribution in [-0.4, -0.2) is 25.4 Å². The molecule has 0 aliphatic carbocycles. The van der Waals surface area contributed by atoms with Gasteiger partial charge in [0.05, 0.1) is 12.7 Å². The third-order valence-electron chi connectivity index (χ3n) is 1.51. The van der Waals surface area contributed by atoms with E-state index in [-0.39, 0.29) is 0 Å². The lowest BCUT2D eigenvalue weighted by atomic mass is 10.5. The molecule has 14 heavy (non-hydrogen) atoms. The van der Waals surface area contributed by atoms with Crippen molar-refractivity contribution < 1.29 is 0 Å². The van der Waals surface area contributed by atoms with Crippen LogP contribution in [0.5, 0.6) is 0 Å². The van der Waals surface area contributed by atoms with Gasteiger partial charge in [0.2, 0.25) is 5.95 Å². The number of hydrogen-bond donors (Lipinski definition) is 2. The van der Waals surface area contributed by atoms with Crippen LogP contribution < -0.4 is 5.32 Å². The number of halogens is 1. The minimum atomic E-state index is 0.567. The third kappa shape index (κ3) is 2.37. The first-order valence-electron chi connectivity index (χ1n) is 3.90. The Labute approximate surface area is 93.7 Å². The summed E-state index contributed by atoms with van der Waals surface area (Å²) >= 11 is 2.16. The molecule has 0 fully saturated rings. The van der Waals surface area contributed by atoms with Gasteiger partial charge in [0.25, 0.3) is 0 Å². The number of aromatic nitrogens is 5. The topological polar surface area (TPSA) is 79.4 Å². The van der Waals surface area contributed by atoms with Crippen LogP contribution in [0.25, 0.3) is 0 Å². The van der Waals surface area contributed by atoms with Crippen molar-refractivity contribution in [2.24, 2.45) is 0 Å². The van der Waals surface area contributed by atoms with Crippen molar-refractivity contribution in [1.82, 2.24) is 25.4 Å². The molecule has 72 valence electrons. The molecule has 0 saturated heterocycles. The molecule has 0 spiro atoms. The third-order valence-corrected chi connectivity index (χ3v) is 2.07. The van der Waals surface area contributed by atoms with Gasteiger partial charge in [-0.3, -0.25) is 0 Å². The predicted octanol–water partition coefficient (Wildman–Crippen LogP) is 0.811. The lowest BCUT2D eigenvalue weighted by Gasteiger charge is -2.00. The van der Waals surface area contributed by atoms with E-state index in [2.05, 4.69) is 53.3 Å². The van der Waals surface area contributed by atoms with Gasteiger partial charge >= 0.3 is 0 Å². The largest absolute Gasteiger partial charge is 0.348 e. The van der Waals surface area contributed by atoms with Gasteiger partial charge in [-0.25, -0.2) is 9.97 Å². The lowest BCUT2D eigenvalue weighted by molar-refractivity contribution is 0.905. The summed E-state index contributed by atoms with van der Waals surface area (Å²) < 4.78 is 1.01. The fourth-order valence-electron chi connectivity index (χ4n) is 0.884. The number of nitrogens with one attached hydrogen (secondary N) is 2. The normalized spacial score (nSPS) is 10.1. The van der Waals surface area contributed by atoms with E-state index in [0.29, 0.717) is 12.5 Å². The van der Waals surface area contributed by atoms with Crippen molar-refractivity contribution in [1.29, 1.82) is 0 Å². The Morgan fingerprint density at radius 1 is 1.29 bits per heavy atom. The highest BCUT2D eigenvalue weighted by molar-refractivity contribution is 14.1. The summed E-state index contributed by atoms with van der Waals surface area (Å²) in [6.07, 6.45) is 5.15. The zero-order valence-electron chi connectivity index (χ0n) is 7.11. The maximum Gasteiger partial charge on any atom is 0.222 e. The van der Waals surface area contributed by atoms with Crippen molar-refractivity contribution >= 4 is 28.5 Å². The van der Waals surface area contributed by atoms with Crippen LogP contribution in [0.3, 0.4) is 0 Å². The zero-order valence-corrected chi connectivity index (χ0v) is 9.26. The van der Waals surface area contributed by atoms with Gasteiger partial charge < -0.3 is 5.32 Å². The van der Waals surface area contributed by atoms with Crippen molar-refractivity contribution in [3.8, 4) is 0 Å². The Hall–Kier alpha value is -1.25. The molecule has 0 aliphatic heterocycles. The summed E-state index contributed by atoms with van der Waals surface area (Å²) in [5, 5.41) is 13.1. The number of nitrogens with zero attached hydrogens (tertiary/aromatic N) is 4. The Morgan fingerprint density at radius 3 is 2.71 bits per heavy atom. The molecule has 0 radical (unpaired) electrons. The Kier molecular flexibility index (Phi) is 2.87. The Bertz CT molecular complexity index is 383. The highest BCUT2D eigenvalue weighted by Crippen LogP contribution is 2.03. The predicted molar refractivity (Wildman–Crippen MR) is 58.5 cm³/mol. The summed E-state index contributed by atoms with van der Waals surface area (Å²) in [6, 6.07) is 0. The Balaban J connectivity index is 1.95. The first-order valence-corrected chi connectivity index (χ1v) is 4.98. The van der Waals surface area contributed by atoms with E-state index in [1.54, 1.807) is 18.6 Å². The van der Waals surface area contributed by atoms with Crippen molar-refractivity contribution in [3.63, 3.8) is 0 Å².